The van der Waals surface area contributed by atoms with Crippen LogP contribution in [0.3, 0.4) is 0 Å². The highest BCUT2D eigenvalue weighted by Crippen LogP contribution is 2.31. The minimum absolute atomic E-state index is 0.00214. The topological polar surface area (TPSA) is 84.9 Å². The fraction of sp³-hybridized carbons (Fsp3) is 0.409. The SMILES string of the molecule is O=C(c1cccc(CNS(=O)(=O)c2ccc3c(c2)OCCCO3)c1)N1CCCCC1. The summed E-state index contributed by atoms with van der Waals surface area (Å²) >= 11 is 0. The van der Waals surface area contributed by atoms with Crippen molar-refractivity contribution in [2.45, 2.75) is 37.1 Å². The average Bonchev–Trinajstić information content (AvgIpc) is 3.03. The van der Waals surface area contributed by atoms with Gasteiger partial charge in [-0.15, -0.1) is 0 Å². The Balaban J connectivity index is 1.45. The summed E-state index contributed by atoms with van der Waals surface area (Å²) in [5.41, 5.74) is 1.32. The Kier molecular flexibility index (Phi) is 6.24. The Morgan fingerprint density at radius 2 is 1.70 bits per heavy atom. The monoisotopic (exact) mass is 430 g/mol. The number of ether oxygens (including phenoxy) is 2. The number of hydrogen-bond donors (Lipinski definition) is 1. The van der Waals surface area contributed by atoms with E-state index >= 15 is 0 Å². The minimum Gasteiger partial charge on any atom is -0.490 e. The Hall–Kier alpha value is -2.58. The van der Waals surface area contributed by atoms with Gasteiger partial charge in [0.1, 0.15) is 0 Å². The molecule has 7 nitrogen and oxygen atoms in total. The van der Waals surface area contributed by atoms with E-state index in [1.165, 1.54) is 12.1 Å². The quantitative estimate of drug-likeness (QED) is 0.788. The lowest BCUT2D eigenvalue weighted by molar-refractivity contribution is 0.0724. The highest BCUT2D eigenvalue weighted by Gasteiger charge is 2.20. The van der Waals surface area contributed by atoms with Crippen molar-refractivity contribution >= 4 is 15.9 Å². The molecule has 2 heterocycles. The zero-order chi connectivity index (χ0) is 21.0. The van der Waals surface area contributed by atoms with Crippen molar-refractivity contribution in [3.05, 3.63) is 53.6 Å². The van der Waals surface area contributed by atoms with Gasteiger partial charge >= 0.3 is 0 Å². The van der Waals surface area contributed by atoms with Crippen molar-refractivity contribution in [1.29, 1.82) is 0 Å². The molecule has 0 bridgehead atoms. The molecule has 1 N–H and O–H groups in total. The lowest BCUT2D eigenvalue weighted by Gasteiger charge is -2.26. The second-order valence-electron chi connectivity index (χ2n) is 7.54. The number of hydrogen-bond acceptors (Lipinski definition) is 5. The molecule has 2 aromatic carbocycles. The summed E-state index contributed by atoms with van der Waals surface area (Å²) in [6.45, 7) is 2.68. The van der Waals surface area contributed by atoms with Crippen LogP contribution in [0.2, 0.25) is 0 Å². The molecule has 1 amide bonds. The van der Waals surface area contributed by atoms with E-state index in [9.17, 15) is 13.2 Å². The number of fused-ring (bicyclic) bond motifs is 1. The third-order valence-electron chi connectivity index (χ3n) is 5.31. The van der Waals surface area contributed by atoms with Crippen LogP contribution in [0.4, 0.5) is 0 Å². The van der Waals surface area contributed by atoms with Crippen LogP contribution in [0.25, 0.3) is 0 Å². The molecule has 0 radical (unpaired) electrons. The van der Waals surface area contributed by atoms with Gasteiger partial charge in [0.2, 0.25) is 10.0 Å². The van der Waals surface area contributed by atoms with Crippen LogP contribution in [0.1, 0.15) is 41.6 Å². The minimum atomic E-state index is -3.74. The first kappa shape index (κ1) is 20.7. The normalized spacial score (nSPS) is 16.7. The van der Waals surface area contributed by atoms with Gasteiger partial charge < -0.3 is 14.4 Å². The van der Waals surface area contributed by atoms with Crippen LogP contribution >= 0.6 is 0 Å². The maximum atomic E-state index is 12.8. The van der Waals surface area contributed by atoms with Gasteiger partial charge in [0.05, 0.1) is 18.1 Å². The summed E-state index contributed by atoms with van der Waals surface area (Å²) in [7, 11) is -3.74. The molecule has 0 aliphatic carbocycles. The summed E-state index contributed by atoms with van der Waals surface area (Å²) < 4.78 is 39.3. The number of sulfonamides is 1. The second kappa shape index (κ2) is 9.06. The summed E-state index contributed by atoms with van der Waals surface area (Å²) in [6.07, 6.45) is 3.97. The van der Waals surface area contributed by atoms with Crippen LogP contribution in [-0.4, -0.2) is 45.5 Å². The summed E-state index contributed by atoms with van der Waals surface area (Å²) in [4.78, 5) is 14.7. The van der Waals surface area contributed by atoms with Crippen molar-refractivity contribution < 1.29 is 22.7 Å². The van der Waals surface area contributed by atoms with E-state index in [1.807, 2.05) is 11.0 Å². The van der Waals surface area contributed by atoms with Gasteiger partial charge in [-0.2, -0.15) is 0 Å². The smallest absolute Gasteiger partial charge is 0.253 e. The number of likely N-dealkylation sites (tertiary alicyclic amines) is 1. The molecular formula is C22H26N2O5S. The molecule has 0 atom stereocenters. The van der Waals surface area contributed by atoms with Gasteiger partial charge in [0.25, 0.3) is 5.91 Å². The Bertz CT molecular complexity index is 1020. The third kappa shape index (κ3) is 4.76. The number of rotatable bonds is 5. The lowest BCUT2D eigenvalue weighted by Crippen LogP contribution is -2.35. The van der Waals surface area contributed by atoms with E-state index in [1.54, 1.807) is 24.3 Å². The molecule has 2 aliphatic rings. The molecule has 8 heteroatoms. The Morgan fingerprint density at radius 1 is 0.933 bits per heavy atom. The highest BCUT2D eigenvalue weighted by molar-refractivity contribution is 7.89. The van der Waals surface area contributed by atoms with Crippen molar-refractivity contribution in [2.75, 3.05) is 26.3 Å². The van der Waals surface area contributed by atoms with Gasteiger partial charge in [-0.05, 0) is 49.1 Å². The fourth-order valence-corrected chi connectivity index (χ4v) is 4.70. The molecule has 0 spiro atoms. The standard InChI is InChI=1S/C22H26N2O5S/c25-22(24-10-2-1-3-11-24)18-7-4-6-17(14-18)16-23-30(26,27)19-8-9-20-21(15-19)29-13-5-12-28-20/h4,6-9,14-15,23H,1-3,5,10-13,16H2. The molecular weight excluding hydrogens is 404 g/mol. The summed E-state index contributed by atoms with van der Waals surface area (Å²) in [5, 5.41) is 0. The van der Waals surface area contributed by atoms with E-state index in [0.29, 0.717) is 30.3 Å². The van der Waals surface area contributed by atoms with Crippen LogP contribution < -0.4 is 14.2 Å². The van der Waals surface area contributed by atoms with Gasteiger partial charge in [-0.3, -0.25) is 4.79 Å². The first-order valence-electron chi connectivity index (χ1n) is 10.3. The molecule has 160 valence electrons. The lowest BCUT2D eigenvalue weighted by atomic mass is 10.1. The second-order valence-corrected chi connectivity index (χ2v) is 9.30. The number of benzene rings is 2. The Labute approximate surface area is 177 Å². The number of amides is 1. The first-order valence-corrected chi connectivity index (χ1v) is 11.8. The number of carbonyl (C=O) groups is 1. The molecule has 2 aromatic rings. The van der Waals surface area contributed by atoms with E-state index < -0.39 is 10.0 Å². The first-order chi connectivity index (χ1) is 14.5. The van der Waals surface area contributed by atoms with Crippen LogP contribution in [0, 0.1) is 0 Å². The van der Waals surface area contributed by atoms with E-state index in [2.05, 4.69) is 4.72 Å². The highest BCUT2D eigenvalue weighted by atomic mass is 32.2. The molecule has 0 aromatic heterocycles. The average molecular weight is 431 g/mol. The summed E-state index contributed by atoms with van der Waals surface area (Å²) in [5.74, 6) is 0.988. The Morgan fingerprint density at radius 3 is 2.50 bits per heavy atom. The van der Waals surface area contributed by atoms with Crippen LogP contribution in [-0.2, 0) is 16.6 Å². The van der Waals surface area contributed by atoms with E-state index in [0.717, 1.165) is 44.3 Å². The number of nitrogens with one attached hydrogen (secondary N) is 1. The van der Waals surface area contributed by atoms with Gasteiger partial charge in [-0.25, -0.2) is 13.1 Å². The predicted molar refractivity (Wildman–Crippen MR) is 112 cm³/mol. The fourth-order valence-electron chi connectivity index (χ4n) is 3.67. The molecule has 1 fully saturated rings. The zero-order valence-corrected chi connectivity index (χ0v) is 17.6. The molecule has 0 saturated carbocycles. The zero-order valence-electron chi connectivity index (χ0n) is 16.8. The van der Waals surface area contributed by atoms with Gasteiger partial charge in [0, 0.05) is 37.7 Å². The molecule has 0 unspecified atom stereocenters. The van der Waals surface area contributed by atoms with Crippen LogP contribution in [0.15, 0.2) is 47.4 Å². The largest absolute Gasteiger partial charge is 0.490 e. The van der Waals surface area contributed by atoms with Crippen molar-refractivity contribution in [1.82, 2.24) is 9.62 Å². The van der Waals surface area contributed by atoms with Gasteiger partial charge in [0.15, 0.2) is 11.5 Å². The number of carbonyl (C=O) groups excluding carboxylic acids is 1. The van der Waals surface area contributed by atoms with E-state index in [4.69, 9.17) is 9.47 Å². The third-order valence-corrected chi connectivity index (χ3v) is 6.71. The molecule has 30 heavy (non-hydrogen) atoms. The van der Waals surface area contributed by atoms with E-state index in [-0.39, 0.29) is 17.3 Å². The number of piperidine rings is 1. The molecule has 2 aliphatic heterocycles. The van der Waals surface area contributed by atoms with Gasteiger partial charge in [-0.1, -0.05) is 12.1 Å². The summed E-state index contributed by atoms with van der Waals surface area (Å²) in [6, 6.07) is 11.7. The van der Waals surface area contributed by atoms with Crippen molar-refractivity contribution in [3.8, 4) is 11.5 Å². The maximum Gasteiger partial charge on any atom is 0.253 e. The maximum absolute atomic E-state index is 12.8. The van der Waals surface area contributed by atoms with Crippen LogP contribution in [0.5, 0.6) is 11.5 Å². The van der Waals surface area contributed by atoms with Crippen molar-refractivity contribution in [3.63, 3.8) is 0 Å². The molecule has 1 saturated heterocycles. The predicted octanol–water partition coefficient (Wildman–Crippen LogP) is 2.95. The number of nitrogens with zero attached hydrogens (tertiary/aromatic N) is 1. The van der Waals surface area contributed by atoms with Crippen molar-refractivity contribution in [2.24, 2.45) is 0 Å². The molecule has 4 rings (SSSR count).